The highest BCUT2D eigenvalue weighted by Crippen LogP contribution is 2.30. The van der Waals surface area contributed by atoms with E-state index >= 15 is 0 Å². The average molecular weight is 419 g/mol. The van der Waals surface area contributed by atoms with Crippen LogP contribution < -0.4 is 15.0 Å². The maximum absolute atomic E-state index is 13.0. The summed E-state index contributed by atoms with van der Waals surface area (Å²) in [5.41, 5.74) is 0.145. The van der Waals surface area contributed by atoms with Crippen molar-refractivity contribution in [2.75, 3.05) is 25.1 Å². The second-order valence-electron chi connectivity index (χ2n) is 7.11. The van der Waals surface area contributed by atoms with Gasteiger partial charge in [0.15, 0.2) is 5.65 Å². The molecular weight excluding hydrogens is 399 g/mol. The topological polar surface area (TPSA) is 71.8 Å². The maximum Gasteiger partial charge on any atom is 0.417 e. The zero-order valence-corrected chi connectivity index (χ0v) is 16.2. The number of carbonyl (C=O) groups is 1. The van der Waals surface area contributed by atoms with Crippen molar-refractivity contribution in [1.82, 2.24) is 19.9 Å². The minimum absolute atomic E-state index is 0.0271. The predicted octanol–water partition coefficient (Wildman–Crippen LogP) is 3.16. The number of hydrogen-bond donors (Lipinski definition) is 1. The van der Waals surface area contributed by atoms with Gasteiger partial charge in [0, 0.05) is 30.9 Å². The highest BCUT2D eigenvalue weighted by Gasteiger charge is 2.32. The number of ether oxygens (including phenoxy) is 1. The largest absolute Gasteiger partial charge is 0.497 e. The lowest BCUT2D eigenvalue weighted by molar-refractivity contribution is -0.137. The van der Waals surface area contributed by atoms with Crippen molar-refractivity contribution in [2.45, 2.75) is 25.1 Å². The fraction of sp³-hybridized carbons (Fsp3) is 0.350. The molecule has 1 aliphatic heterocycles. The standard InChI is InChI=1S/C20H20F3N5O2/c1-30-16-5-2-13(3-6-16)18(29)24-15-8-10-27(11-9-15)19-26-25-17-7-4-14(12-28(17)19)20(21,22)23/h2-7,12,15H,8-11H2,1H3,(H,24,29). The summed E-state index contributed by atoms with van der Waals surface area (Å²) in [6.07, 6.45) is -2.12. The van der Waals surface area contributed by atoms with E-state index in [1.54, 1.807) is 31.4 Å². The highest BCUT2D eigenvalue weighted by atomic mass is 19.4. The molecule has 158 valence electrons. The Labute approximate surface area is 170 Å². The van der Waals surface area contributed by atoms with E-state index in [1.807, 2.05) is 4.90 Å². The minimum Gasteiger partial charge on any atom is -0.497 e. The summed E-state index contributed by atoms with van der Waals surface area (Å²) in [5.74, 6) is 0.879. The number of nitrogens with one attached hydrogen (secondary N) is 1. The lowest BCUT2D eigenvalue weighted by Crippen LogP contribution is -2.45. The highest BCUT2D eigenvalue weighted by molar-refractivity contribution is 5.94. The van der Waals surface area contributed by atoms with E-state index in [1.165, 1.54) is 10.5 Å². The monoisotopic (exact) mass is 419 g/mol. The molecule has 1 amide bonds. The third kappa shape index (κ3) is 4.03. The van der Waals surface area contributed by atoms with Gasteiger partial charge in [-0.15, -0.1) is 10.2 Å². The fourth-order valence-corrected chi connectivity index (χ4v) is 3.50. The molecule has 10 heteroatoms. The summed E-state index contributed by atoms with van der Waals surface area (Å²) in [4.78, 5) is 14.3. The van der Waals surface area contributed by atoms with E-state index in [9.17, 15) is 18.0 Å². The van der Waals surface area contributed by atoms with Crippen molar-refractivity contribution in [3.8, 4) is 5.75 Å². The van der Waals surface area contributed by atoms with Gasteiger partial charge in [0.05, 0.1) is 12.7 Å². The Morgan fingerprint density at radius 1 is 1.10 bits per heavy atom. The summed E-state index contributed by atoms with van der Waals surface area (Å²) in [5, 5.41) is 11.0. The Hall–Kier alpha value is -3.30. The summed E-state index contributed by atoms with van der Waals surface area (Å²) in [7, 11) is 1.56. The Balaban J connectivity index is 1.41. The molecule has 0 spiro atoms. The third-order valence-electron chi connectivity index (χ3n) is 5.18. The first-order valence-corrected chi connectivity index (χ1v) is 9.47. The summed E-state index contributed by atoms with van der Waals surface area (Å²) in [6.45, 7) is 1.09. The number of methoxy groups -OCH3 is 1. The first kappa shape index (κ1) is 20.0. The number of benzene rings is 1. The van der Waals surface area contributed by atoms with Gasteiger partial charge >= 0.3 is 6.18 Å². The molecule has 0 bridgehead atoms. The quantitative estimate of drug-likeness (QED) is 0.704. The number of hydrogen-bond acceptors (Lipinski definition) is 5. The minimum atomic E-state index is -4.44. The van der Waals surface area contributed by atoms with Crippen molar-refractivity contribution < 1.29 is 22.7 Å². The Kier molecular flexibility index (Phi) is 5.23. The van der Waals surface area contributed by atoms with Gasteiger partial charge in [0.1, 0.15) is 5.75 Å². The van der Waals surface area contributed by atoms with Crippen LogP contribution in [-0.4, -0.2) is 46.7 Å². The van der Waals surface area contributed by atoms with E-state index in [2.05, 4.69) is 15.5 Å². The molecule has 3 heterocycles. The van der Waals surface area contributed by atoms with Crippen LogP contribution in [0.1, 0.15) is 28.8 Å². The van der Waals surface area contributed by atoms with Gasteiger partial charge in [0.25, 0.3) is 5.91 Å². The number of halogens is 3. The van der Waals surface area contributed by atoms with Crippen LogP contribution in [0.5, 0.6) is 5.75 Å². The first-order chi connectivity index (χ1) is 14.3. The molecule has 1 N–H and O–H groups in total. The van der Waals surface area contributed by atoms with Gasteiger partial charge in [-0.2, -0.15) is 13.2 Å². The van der Waals surface area contributed by atoms with Crippen LogP contribution in [0.3, 0.4) is 0 Å². The van der Waals surface area contributed by atoms with E-state index in [0.717, 1.165) is 12.3 Å². The number of pyridine rings is 1. The summed E-state index contributed by atoms with van der Waals surface area (Å²) >= 11 is 0. The predicted molar refractivity (Wildman–Crippen MR) is 104 cm³/mol. The molecule has 1 aromatic carbocycles. The van der Waals surface area contributed by atoms with Crippen LogP contribution in [0.25, 0.3) is 5.65 Å². The van der Waals surface area contributed by atoms with Gasteiger partial charge in [-0.05, 0) is 49.2 Å². The van der Waals surface area contributed by atoms with Crippen LogP contribution in [-0.2, 0) is 6.18 Å². The van der Waals surface area contributed by atoms with E-state index in [-0.39, 0.29) is 11.9 Å². The maximum atomic E-state index is 13.0. The van der Waals surface area contributed by atoms with E-state index < -0.39 is 11.7 Å². The summed E-state index contributed by atoms with van der Waals surface area (Å²) < 4.78 is 45.6. The molecule has 2 aromatic heterocycles. The number of alkyl halides is 3. The van der Waals surface area contributed by atoms with Gasteiger partial charge < -0.3 is 15.0 Å². The fourth-order valence-electron chi connectivity index (χ4n) is 3.50. The van der Waals surface area contributed by atoms with Crippen LogP contribution in [0.2, 0.25) is 0 Å². The second-order valence-corrected chi connectivity index (χ2v) is 7.11. The van der Waals surface area contributed by atoms with Crippen molar-refractivity contribution in [3.05, 3.63) is 53.7 Å². The number of aromatic nitrogens is 3. The van der Waals surface area contributed by atoms with Gasteiger partial charge in [-0.25, -0.2) is 0 Å². The molecular formula is C20H20F3N5O2. The van der Waals surface area contributed by atoms with Crippen molar-refractivity contribution in [3.63, 3.8) is 0 Å². The zero-order chi connectivity index (χ0) is 21.3. The molecule has 0 atom stereocenters. The first-order valence-electron chi connectivity index (χ1n) is 9.47. The van der Waals surface area contributed by atoms with Crippen LogP contribution in [0.4, 0.5) is 19.1 Å². The van der Waals surface area contributed by atoms with E-state index in [0.29, 0.717) is 48.8 Å². The number of piperidine rings is 1. The lowest BCUT2D eigenvalue weighted by atomic mass is 10.0. The molecule has 0 unspecified atom stereocenters. The average Bonchev–Trinajstić information content (AvgIpc) is 3.17. The molecule has 30 heavy (non-hydrogen) atoms. The van der Waals surface area contributed by atoms with Crippen LogP contribution in [0, 0.1) is 0 Å². The zero-order valence-electron chi connectivity index (χ0n) is 16.2. The smallest absolute Gasteiger partial charge is 0.417 e. The Morgan fingerprint density at radius 3 is 2.43 bits per heavy atom. The molecule has 3 aromatic rings. The SMILES string of the molecule is COc1ccc(C(=O)NC2CCN(c3nnc4ccc(C(F)(F)F)cn34)CC2)cc1. The number of nitrogens with zero attached hydrogens (tertiary/aromatic N) is 4. The molecule has 0 aliphatic carbocycles. The Morgan fingerprint density at radius 2 is 1.80 bits per heavy atom. The molecule has 0 radical (unpaired) electrons. The normalized spacial score (nSPS) is 15.4. The van der Waals surface area contributed by atoms with Gasteiger partial charge in [-0.3, -0.25) is 9.20 Å². The molecule has 7 nitrogen and oxygen atoms in total. The molecule has 1 fully saturated rings. The van der Waals surface area contributed by atoms with E-state index in [4.69, 9.17) is 4.74 Å². The third-order valence-corrected chi connectivity index (χ3v) is 5.18. The summed E-state index contributed by atoms with van der Waals surface area (Å²) in [6, 6.07) is 9.12. The molecule has 4 rings (SSSR count). The van der Waals surface area contributed by atoms with Crippen molar-refractivity contribution >= 4 is 17.5 Å². The number of anilines is 1. The molecule has 1 aliphatic rings. The van der Waals surface area contributed by atoms with Crippen molar-refractivity contribution in [2.24, 2.45) is 0 Å². The van der Waals surface area contributed by atoms with Crippen LogP contribution in [0.15, 0.2) is 42.6 Å². The van der Waals surface area contributed by atoms with Gasteiger partial charge in [-0.1, -0.05) is 0 Å². The van der Waals surface area contributed by atoms with Crippen LogP contribution >= 0.6 is 0 Å². The number of rotatable bonds is 4. The number of carbonyl (C=O) groups excluding carboxylic acids is 1. The number of fused-ring (bicyclic) bond motifs is 1. The molecule has 0 saturated carbocycles. The molecule has 1 saturated heterocycles. The van der Waals surface area contributed by atoms with Gasteiger partial charge in [0.2, 0.25) is 5.95 Å². The number of amides is 1. The van der Waals surface area contributed by atoms with Crippen molar-refractivity contribution in [1.29, 1.82) is 0 Å². The Bertz CT molecular complexity index is 1040. The lowest BCUT2D eigenvalue weighted by Gasteiger charge is -2.32. The second kappa shape index (κ2) is 7.85.